The lowest BCUT2D eigenvalue weighted by Gasteiger charge is -2.25. The summed E-state index contributed by atoms with van der Waals surface area (Å²) in [5, 5.41) is 2.93. The third kappa shape index (κ3) is 3.14. The summed E-state index contributed by atoms with van der Waals surface area (Å²) in [7, 11) is 0. The Morgan fingerprint density at radius 2 is 2.19 bits per heavy atom. The molecule has 0 saturated heterocycles. The van der Waals surface area contributed by atoms with Crippen LogP contribution in [0.2, 0.25) is 0 Å². The van der Waals surface area contributed by atoms with Gasteiger partial charge in [-0.1, -0.05) is 12.5 Å². The number of carbonyl (C=O) groups excluding carboxylic acids is 1. The van der Waals surface area contributed by atoms with E-state index in [4.69, 9.17) is 5.73 Å². The molecule has 1 aromatic carbocycles. The molecule has 1 aliphatic carbocycles. The quantitative estimate of drug-likeness (QED) is 0.796. The van der Waals surface area contributed by atoms with Crippen molar-refractivity contribution in [2.24, 2.45) is 5.92 Å². The number of benzene rings is 1. The summed E-state index contributed by atoms with van der Waals surface area (Å²) in [5.41, 5.74) is 6.89. The number of nitrogens with one attached hydrogen (secondary N) is 1. The van der Waals surface area contributed by atoms with Crippen molar-refractivity contribution in [3.05, 3.63) is 29.8 Å². The number of nitrogen functional groups attached to an aromatic ring is 1. The van der Waals surface area contributed by atoms with E-state index in [0.29, 0.717) is 17.2 Å². The second-order valence-corrected chi connectivity index (χ2v) is 4.13. The maximum absolute atomic E-state index is 11.7. The van der Waals surface area contributed by atoms with E-state index in [9.17, 15) is 4.79 Å². The highest BCUT2D eigenvalue weighted by Crippen LogP contribution is 2.25. The van der Waals surface area contributed by atoms with Gasteiger partial charge >= 0.3 is 0 Å². The van der Waals surface area contributed by atoms with Crippen molar-refractivity contribution in [1.29, 1.82) is 0 Å². The number of hydrogen-bond donors (Lipinski definition) is 2. The van der Waals surface area contributed by atoms with Crippen LogP contribution in [0.3, 0.4) is 0 Å². The van der Waals surface area contributed by atoms with E-state index in [0.717, 1.165) is 6.54 Å². The molecule has 4 heteroatoms. The number of carbonyl (C=O) groups is 1. The first-order valence-corrected chi connectivity index (χ1v) is 5.39. The summed E-state index contributed by atoms with van der Waals surface area (Å²) in [4.78, 5) is 11.7. The summed E-state index contributed by atoms with van der Waals surface area (Å²) < 4.78 is 0. The topological polar surface area (TPSA) is 55.1 Å². The van der Waals surface area contributed by atoms with E-state index in [1.54, 1.807) is 24.3 Å². The zero-order chi connectivity index (χ0) is 10.7. The predicted octanol–water partition coefficient (Wildman–Crippen LogP) is 2.22. The molecule has 16 heavy (non-hydrogen) atoms. The third-order valence-electron chi connectivity index (χ3n) is 2.92. The molecule has 0 aromatic heterocycles. The number of nitrogens with two attached hydrogens (primary N) is 1. The van der Waals surface area contributed by atoms with E-state index in [2.05, 4.69) is 5.32 Å². The lowest BCUT2D eigenvalue weighted by Crippen LogP contribution is -2.32. The highest BCUT2D eigenvalue weighted by atomic mass is 35.5. The predicted molar refractivity (Wildman–Crippen MR) is 67.8 cm³/mol. The van der Waals surface area contributed by atoms with E-state index in [1.807, 2.05) is 0 Å². The molecule has 1 aliphatic rings. The van der Waals surface area contributed by atoms with Crippen molar-refractivity contribution >= 4 is 24.0 Å². The second kappa shape index (κ2) is 5.75. The van der Waals surface area contributed by atoms with Crippen LogP contribution in [0, 0.1) is 5.92 Å². The highest BCUT2D eigenvalue weighted by molar-refractivity contribution is 5.94. The number of halogens is 1. The normalized spacial score (nSPS) is 14.8. The largest absolute Gasteiger partial charge is 0.399 e. The third-order valence-corrected chi connectivity index (χ3v) is 2.92. The van der Waals surface area contributed by atoms with Gasteiger partial charge in [0, 0.05) is 17.8 Å². The van der Waals surface area contributed by atoms with Crippen molar-refractivity contribution in [1.82, 2.24) is 5.32 Å². The monoisotopic (exact) mass is 240 g/mol. The molecule has 0 atom stereocenters. The first-order chi connectivity index (χ1) is 7.25. The molecule has 0 heterocycles. The molecule has 0 unspecified atom stereocenters. The summed E-state index contributed by atoms with van der Waals surface area (Å²) in [6.45, 7) is 0.799. The zero-order valence-electron chi connectivity index (χ0n) is 9.11. The SMILES string of the molecule is Cl.Nc1cccc(C(=O)NCC2CCC2)c1. The van der Waals surface area contributed by atoms with E-state index in [1.165, 1.54) is 19.3 Å². The van der Waals surface area contributed by atoms with Crippen LogP contribution in [0.4, 0.5) is 5.69 Å². The Balaban J connectivity index is 0.00000128. The smallest absolute Gasteiger partial charge is 0.251 e. The molecular weight excluding hydrogens is 224 g/mol. The van der Waals surface area contributed by atoms with Gasteiger partial charge in [-0.05, 0) is 37.0 Å². The molecule has 0 bridgehead atoms. The minimum atomic E-state index is -0.0193. The Morgan fingerprint density at radius 3 is 2.75 bits per heavy atom. The summed E-state index contributed by atoms with van der Waals surface area (Å²) >= 11 is 0. The molecule has 1 saturated carbocycles. The Kier molecular flexibility index (Phi) is 4.62. The fourth-order valence-electron chi connectivity index (χ4n) is 1.72. The van der Waals surface area contributed by atoms with Gasteiger partial charge < -0.3 is 11.1 Å². The van der Waals surface area contributed by atoms with Crippen molar-refractivity contribution in [3.63, 3.8) is 0 Å². The Hall–Kier alpha value is -1.22. The molecule has 1 aromatic rings. The van der Waals surface area contributed by atoms with Gasteiger partial charge in [-0.2, -0.15) is 0 Å². The van der Waals surface area contributed by atoms with Crippen LogP contribution < -0.4 is 11.1 Å². The Bertz CT molecular complexity index is 364. The average Bonchev–Trinajstić information content (AvgIpc) is 2.15. The van der Waals surface area contributed by atoms with E-state index >= 15 is 0 Å². The van der Waals surface area contributed by atoms with Crippen molar-refractivity contribution in [2.75, 3.05) is 12.3 Å². The average molecular weight is 241 g/mol. The van der Waals surface area contributed by atoms with Crippen LogP contribution in [-0.4, -0.2) is 12.5 Å². The van der Waals surface area contributed by atoms with Crippen molar-refractivity contribution < 1.29 is 4.79 Å². The Morgan fingerprint density at radius 1 is 1.44 bits per heavy atom. The summed E-state index contributed by atoms with van der Waals surface area (Å²) in [5.74, 6) is 0.671. The summed E-state index contributed by atoms with van der Waals surface area (Å²) in [6, 6.07) is 7.07. The molecule has 88 valence electrons. The number of anilines is 1. The van der Waals surface area contributed by atoms with Crippen LogP contribution in [0.1, 0.15) is 29.6 Å². The molecule has 1 fully saturated rings. The fourth-order valence-corrected chi connectivity index (χ4v) is 1.72. The molecule has 1 amide bonds. The van der Waals surface area contributed by atoms with Gasteiger partial charge in [-0.15, -0.1) is 12.4 Å². The standard InChI is InChI=1S/C12H16N2O.ClH/c13-11-6-2-5-10(7-11)12(15)14-8-9-3-1-4-9;/h2,5-7,9H,1,3-4,8,13H2,(H,14,15);1H. The summed E-state index contributed by atoms with van der Waals surface area (Å²) in [6.07, 6.45) is 3.80. The van der Waals surface area contributed by atoms with Gasteiger partial charge in [-0.25, -0.2) is 0 Å². The maximum Gasteiger partial charge on any atom is 0.251 e. The highest BCUT2D eigenvalue weighted by Gasteiger charge is 2.18. The van der Waals surface area contributed by atoms with Gasteiger partial charge in [0.15, 0.2) is 0 Å². The Labute approximate surface area is 102 Å². The van der Waals surface area contributed by atoms with Crippen LogP contribution >= 0.6 is 12.4 Å². The lowest BCUT2D eigenvalue weighted by atomic mass is 9.85. The molecule has 2 rings (SSSR count). The minimum absolute atomic E-state index is 0. The van der Waals surface area contributed by atoms with Crippen LogP contribution in [0.5, 0.6) is 0 Å². The van der Waals surface area contributed by atoms with Crippen molar-refractivity contribution in [3.8, 4) is 0 Å². The molecule has 0 radical (unpaired) electrons. The number of amides is 1. The molecule has 0 spiro atoms. The maximum atomic E-state index is 11.7. The second-order valence-electron chi connectivity index (χ2n) is 4.13. The molecular formula is C12H17ClN2O. The zero-order valence-corrected chi connectivity index (χ0v) is 9.93. The molecule has 3 nitrogen and oxygen atoms in total. The number of hydrogen-bond acceptors (Lipinski definition) is 2. The van der Waals surface area contributed by atoms with E-state index < -0.39 is 0 Å². The van der Waals surface area contributed by atoms with Crippen molar-refractivity contribution in [2.45, 2.75) is 19.3 Å². The van der Waals surface area contributed by atoms with Gasteiger partial charge in [0.1, 0.15) is 0 Å². The molecule has 3 N–H and O–H groups in total. The number of rotatable bonds is 3. The van der Waals surface area contributed by atoms with Gasteiger partial charge in [-0.3, -0.25) is 4.79 Å². The van der Waals surface area contributed by atoms with Gasteiger partial charge in [0.2, 0.25) is 0 Å². The van der Waals surface area contributed by atoms with Crippen LogP contribution in [0.15, 0.2) is 24.3 Å². The van der Waals surface area contributed by atoms with Gasteiger partial charge in [0.05, 0.1) is 0 Å². The fraction of sp³-hybridized carbons (Fsp3) is 0.417. The minimum Gasteiger partial charge on any atom is -0.399 e. The first-order valence-electron chi connectivity index (χ1n) is 5.39. The van der Waals surface area contributed by atoms with Gasteiger partial charge in [0.25, 0.3) is 5.91 Å². The van der Waals surface area contributed by atoms with Crippen LogP contribution in [-0.2, 0) is 0 Å². The lowest BCUT2D eigenvalue weighted by molar-refractivity contribution is 0.0939. The van der Waals surface area contributed by atoms with Crippen LogP contribution in [0.25, 0.3) is 0 Å². The van der Waals surface area contributed by atoms with E-state index in [-0.39, 0.29) is 18.3 Å². The molecule has 0 aliphatic heterocycles. The first kappa shape index (κ1) is 12.8.